The summed E-state index contributed by atoms with van der Waals surface area (Å²) in [5.74, 6) is 0.510. The molecule has 0 aliphatic rings. The van der Waals surface area contributed by atoms with Crippen molar-refractivity contribution in [2.45, 2.75) is 40.5 Å². The van der Waals surface area contributed by atoms with Crippen LogP contribution in [0.3, 0.4) is 0 Å². The van der Waals surface area contributed by atoms with Gasteiger partial charge in [-0.2, -0.15) is 5.10 Å². The maximum atomic E-state index is 5.23. The van der Waals surface area contributed by atoms with Gasteiger partial charge in [-0.3, -0.25) is 5.43 Å². The smallest absolute Gasteiger partial charge is 0.191 e. The fraction of sp³-hybridized carbons (Fsp3) is 0.467. The molecule has 0 saturated carbocycles. The Morgan fingerprint density at radius 2 is 2.00 bits per heavy atom. The summed E-state index contributed by atoms with van der Waals surface area (Å²) in [6, 6.07) is 6.11. The van der Waals surface area contributed by atoms with Crippen molar-refractivity contribution in [2.75, 3.05) is 5.32 Å². The van der Waals surface area contributed by atoms with Crippen LogP contribution in [0.1, 0.15) is 37.8 Å². The summed E-state index contributed by atoms with van der Waals surface area (Å²) < 4.78 is 0. The molecule has 0 fully saturated rings. The Labute approximate surface area is 121 Å². The van der Waals surface area contributed by atoms with Crippen molar-refractivity contribution >= 4 is 29.2 Å². The number of hydrazone groups is 1. The lowest BCUT2D eigenvalue weighted by Gasteiger charge is -2.12. The lowest BCUT2D eigenvalue weighted by atomic mass is 10.1. The SMILES string of the molecule is CCC(/C=N\NC(=S)Nc1cccc(C)c1C)CC. The Morgan fingerprint density at radius 1 is 1.32 bits per heavy atom. The molecule has 1 rings (SSSR count). The van der Waals surface area contributed by atoms with Crippen LogP contribution in [0.25, 0.3) is 0 Å². The van der Waals surface area contributed by atoms with Crippen LogP contribution in [0.4, 0.5) is 5.69 Å². The van der Waals surface area contributed by atoms with E-state index < -0.39 is 0 Å². The van der Waals surface area contributed by atoms with Crippen LogP contribution in [-0.2, 0) is 0 Å². The summed E-state index contributed by atoms with van der Waals surface area (Å²) in [5, 5.41) is 7.87. The molecular formula is C15H23N3S. The first-order chi connectivity index (χ1) is 9.08. The van der Waals surface area contributed by atoms with E-state index in [1.807, 2.05) is 18.3 Å². The number of aryl methyl sites for hydroxylation is 1. The number of nitrogens with one attached hydrogen (secondary N) is 2. The molecule has 0 radical (unpaired) electrons. The summed E-state index contributed by atoms with van der Waals surface area (Å²) in [5.41, 5.74) is 6.34. The molecule has 0 atom stereocenters. The van der Waals surface area contributed by atoms with Crippen LogP contribution in [0.2, 0.25) is 0 Å². The standard InChI is InChI=1S/C15H23N3S/c1-5-13(6-2)10-16-18-15(19)17-14-9-7-8-11(3)12(14)4/h7-10,13H,5-6H2,1-4H3,(H2,17,18,19)/b16-10-. The van der Waals surface area contributed by atoms with Gasteiger partial charge in [-0.25, -0.2) is 0 Å². The van der Waals surface area contributed by atoms with E-state index in [-0.39, 0.29) is 0 Å². The topological polar surface area (TPSA) is 36.4 Å². The van der Waals surface area contributed by atoms with Gasteiger partial charge < -0.3 is 5.32 Å². The van der Waals surface area contributed by atoms with E-state index >= 15 is 0 Å². The molecule has 0 spiro atoms. The number of rotatable bonds is 5. The highest BCUT2D eigenvalue weighted by Gasteiger charge is 2.02. The fourth-order valence-electron chi connectivity index (χ4n) is 1.74. The number of benzene rings is 1. The van der Waals surface area contributed by atoms with E-state index in [0.29, 0.717) is 11.0 Å². The molecule has 104 valence electrons. The predicted octanol–water partition coefficient (Wildman–Crippen LogP) is 4.01. The highest BCUT2D eigenvalue weighted by atomic mass is 32.1. The molecule has 1 aromatic rings. The van der Waals surface area contributed by atoms with Gasteiger partial charge in [-0.05, 0) is 62.0 Å². The quantitative estimate of drug-likeness (QED) is 0.485. The van der Waals surface area contributed by atoms with Gasteiger partial charge in [0.05, 0.1) is 0 Å². The van der Waals surface area contributed by atoms with E-state index in [0.717, 1.165) is 18.5 Å². The molecule has 4 heteroatoms. The van der Waals surface area contributed by atoms with Gasteiger partial charge in [-0.15, -0.1) is 0 Å². The number of thiocarbonyl (C=S) groups is 1. The van der Waals surface area contributed by atoms with Crippen LogP contribution in [0, 0.1) is 19.8 Å². The Bertz CT molecular complexity index is 451. The molecule has 0 heterocycles. The highest BCUT2D eigenvalue weighted by molar-refractivity contribution is 7.80. The summed E-state index contributed by atoms with van der Waals surface area (Å²) in [7, 11) is 0. The number of anilines is 1. The average molecular weight is 277 g/mol. The monoisotopic (exact) mass is 277 g/mol. The van der Waals surface area contributed by atoms with Gasteiger partial charge in [0.2, 0.25) is 0 Å². The summed E-state index contributed by atoms with van der Waals surface area (Å²) in [6.07, 6.45) is 4.12. The van der Waals surface area contributed by atoms with Crippen molar-refractivity contribution < 1.29 is 0 Å². The van der Waals surface area contributed by atoms with Crippen molar-refractivity contribution in [3.63, 3.8) is 0 Å². The van der Waals surface area contributed by atoms with Crippen LogP contribution in [0.5, 0.6) is 0 Å². The molecule has 0 bridgehead atoms. The third-order valence-corrected chi connectivity index (χ3v) is 3.55. The highest BCUT2D eigenvalue weighted by Crippen LogP contribution is 2.17. The van der Waals surface area contributed by atoms with E-state index in [2.05, 4.69) is 49.6 Å². The zero-order chi connectivity index (χ0) is 14.3. The van der Waals surface area contributed by atoms with Crippen molar-refractivity contribution in [3.8, 4) is 0 Å². The molecule has 0 saturated heterocycles. The minimum absolute atomic E-state index is 0.510. The molecule has 0 aliphatic carbocycles. The summed E-state index contributed by atoms with van der Waals surface area (Å²) in [6.45, 7) is 8.48. The zero-order valence-electron chi connectivity index (χ0n) is 12.2. The molecule has 0 unspecified atom stereocenters. The van der Waals surface area contributed by atoms with Gasteiger partial charge in [0.1, 0.15) is 0 Å². The number of hydrogen-bond acceptors (Lipinski definition) is 2. The molecule has 1 aromatic carbocycles. The lowest BCUT2D eigenvalue weighted by molar-refractivity contribution is 0.651. The van der Waals surface area contributed by atoms with Crippen molar-refractivity contribution in [1.82, 2.24) is 5.43 Å². The Morgan fingerprint density at radius 3 is 2.63 bits per heavy atom. The first-order valence-electron chi connectivity index (χ1n) is 6.74. The molecule has 0 amide bonds. The van der Waals surface area contributed by atoms with Crippen LogP contribution in [-0.4, -0.2) is 11.3 Å². The van der Waals surface area contributed by atoms with Gasteiger partial charge in [0.25, 0.3) is 0 Å². The average Bonchev–Trinajstić information content (AvgIpc) is 2.40. The largest absolute Gasteiger partial charge is 0.331 e. The predicted molar refractivity (Wildman–Crippen MR) is 87.8 cm³/mol. The second kappa shape index (κ2) is 7.89. The summed E-state index contributed by atoms with van der Waals surface area (Å²) >= 11 is 5.23. The molecular weight excluding hydrogens is 254 g/mol. The molecule has 2 N–H and O–H groups in total. The van der Waals surface area contributed by atoms with Crippen LogP contribution >= 0.6 is 12.2 Å². The van der Waals surface area contributed by atoms with Gasteiger partial charge in [0, 0.05) is 11.9 Å². The zero-order valence-corrected chi connectivity index (χ0v) is 13.0. The first-order valence-corrected chi connectivity index (χ1v) is 7.15. The molecule has 3 nitrogen and oxygen atoms in total. The van der Waals surface area contributed by atoms with E-state index in [1.165, 1.54) is 11.1 Å². The Kier molecular flexibility index (Phi) is 6.50. The first kappa shape index (κ1) is 15.6. The number of hydrogen-bond donors (Lipinski definition) is 2. The van der Waals surface area contributed by atoms with E-state index in [4.69, 9.17) is 12.2 Å². The van der Waals surface area contributed by atoms with E-state index in [9.17, 15) is 0 Å². The summed E-state index contributed by atoms with van der Waals surface area (Å²) in [4.78, 5) is 0. The van der Waals surface area contributed by atoms with Gasteiger partial charge >= 0.3 is 0 Å². The van der Waals surface area contributed by atoms with Crippen molar-refractivity contribution in [2.24, 2.45) is 11.0 Å². The Hall–Kier alpha value is -1.42. The molecule has 19 heavy (non-hydrogen) atoms. The van der Waals surface area contributed by atoms with Gasteiger partial charge in [-0.1, -0.05) is 26.0 Å². The second-order valence-corrected chi connectivity index (χ2v) is 5.08. The normalized spacial score (nSPS) is 11.0. The van der Waals surface area contributed by atoms with Crippen LogP contribution < -0.4 is 10.7 Å². The second-order valence-electron chi connectivity index (χ2n) is 4.67. The molecule has 0 aliphatic heterocycles. The number of nitrogens with zero attached hydrogens (tertiary/aromatic N) is 1. The maximum Gasteiger partial charge on any atom is 0.191 e. The minimum atomic E-state index is 0.510. The third-order valence-electron chi connectivity index (χ3n) is 3.35. The maximum absolute atomic E-state index is 5.23. The lowest BCUT2D eigenvalue weighted by Crippen LogP contribution is -2.24. The minimum Gasteiger partial charge on any atom is -0.331 e. The van der Waals surface area contributed by atoms with Crippen LogP contribution in [0.15, 0.2) is 23.3 Å². The van der Waals surface area contributed by atoms with Crippen molar-refractivity contribution in [3.05, 3.63) is 29.3 Å². The molecule has 0 aromatic heterocycles. The Balaban J connectivity index is 2.54. The van der Waals surface area contributed by atoms with Gasteiger partial charge in [0.15, 0.2) is 5.11 Å². The third kappa shape index (κ3) is 4.99. The van der Waals surface area contributed by atoms with Crippen molar-refractivity contribution in [1.29, 1.82) is 0 Å². The fourth-order valence-corrected chi connectivity index (χ4v) is 1.90. The van der Waals surface area contributed by atoms with E-state index in [1.54, 1.807) is 0 Å².